The van der Waals surface area contributed by atoms with Crippen LogP contribution in [0.2, 0.25) is 5.02 Å². The van der Waals surface area contributed by atoms with E-state index in [-0.39, 0.29) is 18.4 Å². The number of anilines is 3. The summed E-state index contributed by atoms with van der Waals surface area (Å²) in [6, 6.07) is 14.3. The van der Waals surface area contributed by atoms with Crippen LogP contribution in [0.25, 0.3) is 0 Å². The van der Waals surface area contributed by atoms with Crippen molar-refractivity contribution in [2.75, 3.05) is 28.6 Å². The summed E-state index contributed by atoms with van der Waals surface area (Å²) in [6.45, 7) is 0.885. The van der Waals surface area contributed by atoms with Crippen molar-refractivity contribution in [3.05, 3.63) is 82.8 Å². The van der Waals surface area contributed by atoms with Gasteiger partial charge in [0, 0.05) is 29.7 Å². The molecule has 0 saturated heterocycles. The SMILES string of the molecule is O=C(CN1CCCc2c(NC(=O)c3ccc(F)cc3)cccc21)Nc1ccc(Cl)cn1. The Balaban J connectivity index is 1.48. The molecule has 0 spiro atoms. The highest BCUT2D eigenvalue weighted by atomic mass is 35.5. The molecule has 1 aliphatic heterocycles. The fourth-order valence-corrected chi connectivity index (χ4v) is 3.70. The lowest BCUT2D eigenvalue weighted by Crippen LogP contribution is -2.37. The second-order valence-electron chi connectivity index (χ2n) is 7.20. The summed E-state index contributed by atoms with van der Waals surface area (Å²) in [4.78, 5) is 31.2. The minimum Gasteiger partial charge on any atom is -0.362 e. The van der Waals surface area contributed by atoms with Crippen molar-refractivity contribution in [1.29, 1.82) is 0 Å². The van der Waals surface area contributed by atoms with E-state index >= 15 is 0 Å². The van der Waals surface area contributed by atoms with Gasteiger partial charge in [0.05, 0.1) is 11.6 Å². The summed E-state index contributed by atoms with van der Waals surface area (Å²) < 4.78 is 13.1. The summed E-state index contributed by atoms with van der Waals surface area (Å²) in [5.74, 6) is -0.455. The Bertz CT molecular complexity index is 1100. The lowest BCUT2D eigenvalue weighted by Gasteiger charge is -2.32. The first-order chi connectivity index (χ1) is 15.0. The van der Waals surface area contributed by atoms with Crippen LogP contribution < -0.4 is 15.5 Å². The predicted molar refractivity (Wildman–Crippen MR) is 119 cm³/mol. The molecule has 31 heavy (non-hydrogen) atoms. The Labute approximate surface area is 184 Å². The molecule has 0 saturated carbocycles. The molecule has 0 radical (unpaired) electrons. The molecule has 0 aliphatic carbocycles. The number of pyridine rings is 1. The molecule has 1 aromatic heterocycles. The van der Waals surface area contributed by atoms with E-state index in [9.17, 15) is 14.0 Å². The zero-order chi connectivity index (χ0) is 21.8. The Morgan fingerprint density at radius 1 is 1.06 bits per heavy atom. The average Bonchev–Trinajstić information content (AvgIpc) is 2.76. The molecule has 2 aromatic carbocycles. The van der Waals surface area contributed by atoms with Gasteiger partial charge in [-0.1, -0.05) is 17.7 Å². The molecule has 1 aliphatic rings. The van der Waals surface area contributed by atoms with E-state index in [1.54, 1.807) is 12.1 Å². The molecule has 2 heterocycles. The molecule has 158 valence electrons. The molecular weight excluding hydrogens is 419 g/mol. The van der Waals surface area contributed by atoms with E-state index in [1.165, 1.54) is 30.5 Å². The van der Waals surface area contributed by atoms with Gasteiger partial charge in [-0.25, -0.2) is 9.37 Å². The molecule has 8 heteroatoms. The highest BCUT2D eigenvalue weighted by Crippen LogP contribution is 2.33. The van der Waals surface area contributed by atoms with Crippen LogP contribution in [0.5, 0.6) is 0 Å². The first-order valence-corrected chi connectivity index (χ1v) is 10.2. The number of halogens is 2. The summed E-state index contributed by atoms with van der Waals surface area (Å²) >= 11 is 5.83. The van der Waals surface area contributed by atoms with Gasteiger partial charge in [0.2, 0.25) is 5.91 Å². The molecule has 4 rings (SSSR count). The standard InChI is InChI=1S/C23H20ClFN4O2/c24-16-8-11-21(26-13-16)28-22(30)14-29-12-2-3-18-19(4-1-5-20(18)29)27-23(31)15-6-9-17(25)10-7-15/h1,4-11,13H,2-3,12,14H2,(H,27,31)(H,26,28,30). The first kappa shape index (κ1) is 20.8. The summed E-state index contributed by atoms with van der Waals surface area (Å²) in [7, 11) is 0. The lowest BCUT2D eigenvalue weighted by molar-refractivity contribution is -0.115. The third kappa shape index (κ3) is 5.00. The van der Waals surface area contributed by atoms with E-state index in [0.717, 1.165) is 30.6 Å². The second kappa shape index (κ2) is 9.14. The van der Waals surface area contributed by atoms with Crippen LogP contribution in [-0.2, 0) is 11.2 Å². The van der Waals surface area contributed by atoms with Gasteiger partial charge in [0.25, 0.3) is 5.91 Å². The Morgan fingerprint density at radius 2 is 1.87 bits per heavy atom. The third-order valence-electron chi connectivity index (χ3n) is 5.03. The number of benzene rings is 2. The van der Waals surface area contributed by atoms with Crippen molar-refractivity contribution in [1.82, 2.24) is 4.98 Å². The van der Waals surface area contributed by atoms with Crippen LogP contribution in [0, 0.1) is 5.82 Å². The summed E-state index contributed by atoms with van der Waals surface area (Å²) in [5.41, 5.74) is 2.95. The number of amides is 2. The maximum absolute atomic E-state index is 13.1. The fraction of sp³-hybridized carbons (Fsp3) is 0.174. The van der Waals surface area contributed by atoms with Crippen molar-refractivity contribution in [3.8, 4) is 0 Å². The Kier molecular flexibility index (Phi) is 6.13. The van der Waals surface area contributed by atoms with Gasteiger partial charge in [-0.2, -0.15) is 0 Å². The third-order valence-corrected chi connectivity index (χ3v) is 5.25. The topological polar surface area (TPSA) is 74.3 Å². The minimum atomic E-state index is -0.392. The van der Waals surface area contributed by atoms with Crippen LogP contribution >= 0.6 is 11.6 Å². The molecular formula is C23H20ClFN4O2. The Morgan fingerprint density at radius 3 is 2.61 bits per heavy atom. The second-order valence-corrected chi connectivity index (χ2v) is 7.64. The zero-order valence-corrected chi connectivity index (χ0v) is 17.3. The zero-order valence-electron chi connectivity index (χ0n) is 16.6. The number of hydrogen-bond acceptors (Lipinski definition) is 4. The number of carbonyl (C=O) groups is 2. The van der Waals surface area contributed by atoms with Crippen molar-refractivity contribution < 1.29 is 14.0 Å². The van der Waals surface area contributed by atoms with Crippen molar-refractivity contribution in [2.24, 2.45) is 0 Å². The van der Waals surface area contributed by atoms with Crippen LogP contribution in [0.3, 0.4) is 0 Å². The van der Waals surface area contributed by atoms with Crippen LogP contribution in [0.1, 0.15) is 22.3 Å². The maximum atomic E-state index is 13.1. The molecule has 2 N–H and O–H groups in total. The number of aromatic nitrogens is 1. The highest BCUT2D eigenvalue weighted by Gasteiger charge is 2.22. The van der Waals surface area contributed by atoms with E-state index in [1.807, 2.05) is 23.1 Å². The Hall–Kier alpha value is -3.45. The molecule has 0 atom stereocenters. The van der Waals surface area contributed by atoms with Gasteiger partial charge in [-0.3, -0.25) is 9.59 Å². The summed E-state index contributed by atoms with van der Waals surface area (Å²) in [6.07, 6.45) is 3.11. The average molecular weight is 439 g/mol. The number of carbonyl (C=O) groups excluding carboxylic acids is 2. The number of hydrogen-bond donors (Lipinski definition) is 2. The van der Waals surface area contributed by atoms with Gasteiger partial charge in [-0.05, 0) is 66.9 Å². The first-order valence-electron chi connectivity index (χ1n) is 9.85. The number of nitrogens with one attached hydrogen (secondary N) is 2. The monoisotopic (exact) mass is 438 g/mol. The van der Waals surface area contributed by atoms with Crippen molar-refractivity contribution >= 4 is 40.6 Å². The van der Waals surface area contributed by atoms with Crippen molar-refractivity contribution in [2.45, 2.75) is 12.8 Å². The number of fused-ring (bicyclic) bond motifs is 1. The quantitative estimate of drug-likeness (QED) is 0.614. The molecule has 0 fully saturated rings. The molecule has 2 amide bonds. The van der Waals surface area contributed by atoms with Gasteiger partial charge in [-0.15, -0.1) is 0 Å². The van der Waals surface area contributed by atoms with E-state index in [2.05, 4.69) is 15.6 Å². The molecule has 3 aromatic rings. The lowest BCUT2D eigenvalue weighted by atomic mass is 9.99. The predicted octanol–water partition coefficient (Wildman–Crippen LogP) is 4.52. The van der Waals surface area contributed by atoms with Gasteiger partial charge < -0.3 is 15.5 Å². The van der Waals surface area contributed by atoms with Crippen LogP contribution in [0.4, 0.5) is 21.6 Å². The molecule has 0 unspecified atom stereocenters. The number of nitrogens with zero attached hydrogens (tertiary/aromatic N) is 2. The van der Waals surface area contributed by atoms with Crippen LogP contribution in [-0.4, -0.2) is 29.9 Å². The largest absolute Gasteiger partial charge is 0.362 e. The highest BCUT2D eigenvalue weighted by molar-refractivity contribution is 6.30. The van der Waals surface area contributed by atoms with E-state index in [0.29, 0.717) is 22.1 Å². The van der Waals surface area contributed by atoms with Crippen LogP contribution in [0.15, 0.2) is 60.8 Å². The minimum absolute atomic E-state index is 0.159. The van der Waals surface area contributed by atoms with E-state index < -0.39 is 5.82 Å². The molecule has 6 nitrogen and oxygen atoms in total. The normalized spacial score (nSPS) is 12.8. The van der Waals surface area contributed by atoms with Gasteiger partial charge in [0.15, 0.2) is 0 Å². The van der Waals surface area contributed by atoms with Gasteiger partial charge >= 0.3 is 0 Å². The maximum Gasteiger partial charge on any atom is 0.255 e. The van der Waals surface area contributed by atoms with E-state index in [4.69, 9.17) is 11.6 Å². The molecule has 0 bridgehead atoms. The number of rotatable bonds is 5. The summed E-state index contributed by atoms with van der Waals surface area (Å²) in [5, 5.41) is 6.18. The van der Waals surface area contributed by atoms with Gasteiger partial charge in [0.1, 0.15) is 11.6 Å². The van der Waals surface area contributed by atoms with Crippen molar-refractivity contribution in [3.63, 3.8) is 0 Å². The smallest absolute Gasteiger partial charge is 0.255 e. The fourth-order valence-electron chi connectivity index (χ4n) is 3.58.